The molecule has 2 unspecified atom stereocenters. The lowest BCUT2D eigenvalue weighted by atomic mass is 10.1. The second-order valence-corrected chi connectivity index (χ2v) is 3.04. The van der Waals surface area contributed by atoms with Gasteiger partial charge in [0.2, 0.25) is 0 Å². The normalized spacial score (nSPS) is 14.2. The van der Waals surface area contributed by atoms with Gasteiger partial charge in [-0.3, -0.25) is 4.98 Å². The molecule has 1 heterocycles. The van der Waals surface area contributed by atoms with Gasteiger partial charge in [0, 0.05) is 6.20 Å². The van der Waals surface area contributed by atoms with Crippen molar-refractivity contribution in [2.24, 2.45) is 0 Å². The van der Waals surface area contributed by atoms with E-state index in [-0.39, 0.29) is 12.3 Å². The lowest BCUT2D eigenvalue weighted by Gasteiger charge is -2.15. The molecule has 0 fully saturated rings. The summed E-state index contributed by atoms with van der Waals surface area (Å²) in [5, 5.41) is 18.9. The van der Waals surface area contributed by atoms with Crippen LogP contribution in [0.1, 0.15) is 18.7 Å². The zero-order valence-corrected chi connectivity index (χ0v) is 8.63. The molecule has 0 aromatic carbocycles. The smallest absolute Gasteiger partial charge is 0.338 e. The molecule has 1 rings (SSSR count). The van der Waals surface area contributed by atoms with Gasteiger partial charge in [-0.1, -0.05) is 0 Å². The van der Waals surface area contributed by atoms with Gasteiger partial charge in [-0.2, -0.15) is 0 Å². The van der Waals surface area contributed by atoms with Gasteiger partial charge in [0.15, 0.2) is 6.10 Å². The third-order valence-electron chi connectivity index (χ3n) is 1.87. The fourth-order valence-electron chi connectivity index (χ4n) is 1.10. The first kappa shape index (κ1) is 12.5. The summed E-state index contributed by atoms with van der Waals surface area (Å²) in [6, 6.07) is 2.03. The molecule has 0 aliphatic heterocycles. The molecule has 5 nitrogen and oxygen atoms in total. The van der Waals surface area contributed by atoms with Gasteiger partial charge in [-0.05, 0) is 19.1 Å². The molecule has 0 radical (unpaired) electrons. The Morgan fingerprint density at radius 2 is 2.31 bits per heavy atom. The average molecular weight is 229 g/mol. The summed E-state index contributed by atoms with van der Waals surface area (Å²) in [5.41, 5.74) is -0.124. The third kappa shape index (κ3) is 2.98. The number of esters is 1. The molecule has 88 valence electrons. The number of carbonyl (C=O) groups is 1. The third-order valence-corrected chi connectivity index (χ3v) is 1.87. The van der Waals surface area contributed by atoms with Crippen LogP contribution in [0.5, 0.6) is 0 Å². The Balaban J connectivity index is 2.77. The largest absolute Gasteiger partial charge is 0.464 e. The molecule has 0 spiro atoms. The van der Waals surface area contributed by atoms with E-state index in [1.807, 2.05) is 0 Å². The molecule has 0 amide bonds. The van der Waals surface area contributed by atoms with Crippen LogP contribution in [0.25, 0.3) is 0 Å². The minimum Gasteiger partial charge on any atom is -0.464 e. The van der Waals surface area contributed by atoms with E-state index in [0.29, 0.717) is 0 Å². The molecule has 0 aliphatic rings. The van der Waals surface area contributed by atoms with E-state index >= 15 is 0 Å². The number of hydrogen-bond donors (Lipinski definition) is 2. The SMILES string of the molecule is CCOC(=O)C(O)C(O)c1cc(F)ccn1. The first-order chi connectivity index (χ1) is 7.56. The van der Waals surface area contributed by atoms with Crippen LogP contribution in [0.15, 0.2) is 18.3 Å². The number of ether oxygens (including phenoxy) is 1. The van der Waals surface area contributed by atoms with Gasteiger partial charge in [0.05, 0.1) is 12.3 Å². The molecule has 0 aliphatic carbocycles. The summed E-state index contributed by atoms with van der Waals surface area (Å²) in [7, 11) is 0. The van der Waals surface area contributed by atoms with Crippen molar-refractivity contribution in [1.29, 1.82) is 0 Å². The van der Waals surface area contributed by atoms with E-state index in [2.05, 4.69) is 9.72 Å². The number of aliphatic hydroxyl groups excluding tert-OH is 2. The molecule has 2 atom stereocenters. The quantitative estimate of drug-likeness (QED) is 0.720. The first-order valence-corrected chi connectivity index (χ1v) is 4.70. The summed E-state index contributed by atoms with van der Waals surface area (Å²) in [6.07, 6.45) is -2.24. The maximum Gasteiger partial charge on any atom is 0.338 e. The lowest BCUT2D eigenvalue weighted by molar-refractivity contribution is -0.159. The molecule has 16 heavy (non-hydrogen) atoms. The van der Waals surface area contributed by atoms with Gasteiger partial charge in [-0.25, -0.2) is 9.18 Å². The van der Waals surface area contributed by atoms with Crippen molar-refractivity contribution < 1.29 is 24.1 Å². The van der Waals surface area contributed by atoms with E-state index in [0.717, 1.165) is 18.3 Å². The zero-order chi connectivity index (χ0) is 12.1. The monoisotopic (exact) mass is 229 g/mol. The maximum absolute atomic E-state index is 12.8. The second-order valence-electron chi connectivity index (χ2n) is 3.04. The molecule has 1 aromatic heterocycles. The van der Waals surface area contributed by atoms with E-state index in [4.69, 9.17) is 0 Å². The Labute approximate surface area is 91.5 Å². The van der Waals surface area contributed by atoms with Crippen molar-refractivity contribution in [1.82, 2.24) is 4.98 Å². The molecule has 0 bridgehead atoms. The highest BCUT2D eigenvalue weighted by atomic mass is 19.1. The maximum atomic E-state index is 12.8. The highest BCUT2D eigenvalue weighted by Gasteiger charge is 2.28. The summed E-state index contributed by atoms with van der Waals surface area (Å²) in [4.78, 5) is 14.7. The number of nitrogens with zero attached hydrogens (tertiary/aromatic N) is 1. The second kappa shape index (κ2) is 5.53. The fourth-order valence-corrected chi connectivity index (χ4v) is 1.10. The minimum absolute atomic E-state index is 0.0825. The van der Waals surface area contributed by atoms with Crippen molar-refractivity contribution in [3.63, 3.8) is 0 Å². The molecule has 0 saturated carbocycles. The number of pyridine rings is 1. The van der Waals surface area contributed by atoms with Gasteiger partial charge >= 0.3 is 5.97 Å². The number of halogens is 1. The molecular weight excluding hydrogens is 217 g/mol. The van der Waals surface area contributed by atoms with Crippen LogP contribution in [0, 0.1) is 5.82 Å². The number of hydrogen-bond acceptors (Lipinski definition) is 5. The zero-order valence-electron chi connectivity index (χ0n) is 8.63. The van der Waals surface area contributed by atoms with Crippen LogP contribution in [0.3, 0.4) is 0 Å². The lowest BCUT2D eigenvalue weighted by Crippen LogP contribution is -2.30. The van der Waals surface area contributed by atoms with Gasteiger partial charge in [0.25, 0.3) is 0 Å². The molecule has 0 saturated heterocycles. The summed E-state index contributed by atoms with van der Waals surface area (Å²) in [5.74, 6) is -1.58. The molecule has 1 aromatic rings. The van der Waals surface area contributed by atoms with Crippen molar-refractivity contribution >= 4 is 5.97 Å². The van der Waals surface area contributed by atoms with Crippen molar-refractivity contribution in [3.05, 3.63) is 29.8 Å². The van der Waals surface area contributed by atoms with Gasteiger partial charge in [0.1, 0.15) is 11.9 Å². The minimum atomic E-state index is -1.77. The highest BCUT2D eigenvalue weighted by molar-refractivity contribution is 5.75. The van der Waals surface area contributed by atoms with E-state index in [9.17, 15) is 19.4 Å². The van der Waals surface area contributed by atoms with E-state index < -0.39 is 24.0 Å². The predicted molar refractivity (Wildman–Crippen MR) is 51.8 cm³/mol. The van der Waals surface area contributed by atoms with Crippen LogP contribution in [-0.4, -0.2) is 33.9 Å². The number of rotatable bonds is 4. The molecule has 6 heteroatoms. The summed E-state index contributed by atoms with van der Waals surface area (Å²) >= 11 is 0. The van der Waals surface area contributed by atoms with Crippen LogP contribution in [-0.2, 0) is 9.53 Å². The first-order valence-electron chi connectivity index (χ1n) is 4.70. The van der Waals surface area contributed by atoms with E-state index in [1.54, 1.807) is 6.92 Å². The Bertz CT molecular complexity index is 372. The van der Waals surface area contributed by atoms with Crippen molar-refractivity contribution in [2.75, 3.05) is 6.61 Å². The standard InChI is InChI=1S/C10H12FNO4/c1-2-16-10(15)9(14)8(13)7-5-6(11)3-4-12-7/h3-5,8-9,13-14H,2H2,1H3. The topological polar surface area (TPSA) is 79.7 Å². The van der Waals surface area contributed by atoms with Crippen LogP contribution in [0.4, 0.5) is 4.39 Å². The van der Waals surface area contributed by atoms with Gasteiger partial charge < -0.3 is 14.9 Å². The Hall–Kier alpha value is -1.53. The van der Waals surface area contributed by atoms with E-state index in [1.165, 1.54) is 0 Å². The summed E-state index contributed by atoms with van der Waals surface area (Å²) in [6.45, 7) is 1.65. The Morgan fingerprint density at radius 1 is 1.62 bits per heavy atom. The van der Waals surface area contributed by atoms with Gasteiger partial charge in [-0.15, -0.1) is 0 Å². The highest BCUT2D eigenvalue weighted by Crippen LogP contribution is 2.16. The van der Waals surface area contributed by atoms with Crippen molar-refractivity contribution in [3.8, 4) is 0 Å². The molecular formula is C10H12FNO4. The number of carbonyl (C=O) groups excluding carboxylic acids is 1. The van der Waals surface area contributed by atoms with Crippen LogP contribution < -0.4 is 0 Å². The average Bonchev–Trinajstić information content (AvgIpc) is 2.27. The summed E-state index contributed by atoms with van der Waals surface area (Å²) < 4.78 is 17.3. The Kier molecular flexibility index (Phi) is 4.33. The number of aromatic nitrogens is 1. The molecule has 2 N–H and O–H groups in total. The van der Waals surface area contributed by atoms with Crippen LogP contribution in [0.2, 0.25) is 0 Å². The Morgan fingerprint density at radius 3 is 2.88 bits per heavy atom. The fraction of sp³-hybridized carbons (Fsp3) is 0.400. The number of aliphatic hydroxyl groups is 2. The van der Waals surface area contributed by atoms with Crippen LogP contribution >= 0.6 is 0 Å². The van der Waals surface area contributed by atoms with Crippen molar-refractivity contribution in [2.45, 2.75) is 19.1 Å². The predicted octanol–water partition coefficient (Wildman–Crippen LogP) is 0.178.